The van der Waals surface area contributed by atoms with Crippen LogP contribution in [0.15, 0.2) is 40.4 Å². The van der Waals surface area contributed by atoms with Crippen LogP contribution in [0, 0.1) is 0 Å². The smallest absolute Gasteiger partial charge is 0.326 e. The molecule has 4 unspecified atom stereocenters. The van der Waals surface area contributed by atoms with E-state index in [1.54, 1.807) is 6.20 Å². The van der Waals surface area contributed by atoms with Gasteiger partial charge in [-0.05, 0) is 44.2 Å². The molecule has 2 aromatic rings. The van der Waals surface area contributed by atoms with Crippen LogP contribution in [0.4, 0.5) is 0 Å². The van der Waals surface area contributed by atoms with Crippen LogP contribution in [0.5, 0.6) is 0 Å². The van der Waals surface area contributed by atoms with Gasteiger partial charge in [0, 0.05) is 36.6 Å². The third kappa shape index (κ3) is 11.0. The molecule has 0 aliphatic carbocycles. The third-order valence-electron chi connectivity index (χ3n) is 6.28. The van der Waals surface area contributed by atoms with Crippen molar-refractivity contribution < 1.29 is 24.3 Å². The second kappa shape index (κ2) is 16.4. The number of carboxylic acid groups (broad SMARTS) is 1. The Bertz CT molecular complexity index is 1280. The number of nitrogens with two attached hydrogens (primary N) is 5. The van der Waals surface area contributed by atoms with Crippen LogP contribution < -0.4 is 44.6 Å². The first-order valence-electron chi connectivity index (χ1n) is 13.4. The SMILES string of the molecule is CC(N)C(=O)NC(CCCN=C(N)N)C(=O)NC(Cc1c[nH]c2ccccc12)C(=O)NC(CCCN=C(N)N)C(=O)O. The normalized spacial score (nSPS) is 13.7. The van der Waals surface area contributed by atoms with Gasteiger partial charge in [-0.3, -0.25) is 24.4 Å². The largest absolute Gasteiger partial charge is 0.480 e. The average Bonchev–Trinajstić information content (AvgIpc) is 3.33. The molecule has 0 spiro atoms. The van der Waals surface area contributed by atoms with Crippen molar-refractivity contribution in [2.75, 3.05) is 13.1 Å². The van der Waals surface area contributed by atoms with Crippen LogP contribution in [-0.4, -0.2) is 83.0 Å². The van der Waals surface area contributed by atoms with Crippen molar-refractivity contribution in [1.82, 2.24) is 20.9 Å². The third-order valence-corrected chi connectivity index (χ3v) is 6.28. The molecule has 0 aliphatic rings. The second-order valence-corrected chi connectivity index (χ2v) is 9.77. The number of aromatic nitrogens is 1. The molecular weight excluding hydrogens is 546 g/mol. The van der Waals surface area contributed by atoms with Crippen LogP contribution in [0.2, 0.25) is 0 Å². The van der Waals surface area contributed by atoms with Gasteiger partial charge in [-0.2, -0.15) is 0 Å². The Balaban J connectivity index is 2.29. The number of H-pyrrole nitrogens is 1. The lowest BCUT2D eigenvalue weighted by Gasteiger charge is -2.25. The Morgan fingerprint density at radius 2 is 1.36 bits per heavy atom. The molecule has 16 heteroatoms. The molecule has 0 saturated carbocycles. The number of amides is 3. The number of nitrogens with zero attached hydrogens (tertiary/aromatic N) is 2. The van der Waals surface area contributed by atoms with E-state index >= 15 is 0 Å². The highest BCUT2D eigenvalue weighted by atomic mass is 16.4. The lowest BCUT2D eigenvalue weighted by molar-refractivity contribution is -0.142. The Morgan fingerprint density at radius 1 is 0.833 bits per heavy atom. The fourth-order valence-electron chi connectivity index (χ4n) is 4.11. The summed E-state index contributed by atoms with van der Waals surface area (Å²) in [7, 11) is 0. The molecule has 15 N–H and O–H groups in total. The first-order valence-corrected chi connectivity index (χ1v) is 13.4. The summed E-state index contributed by atoms with van der Waals surface area (Å²) < 4.78 is 0. The van der Waals surface area contributed by atoms with Gasteiger partial charge in [0.2, 0.25) is 17.7 Å². The Kier molecular flexibility index (Phi) is 13.0. The van der Waals surface area contributed by atoms with Crippen molar-refractivity contribution in [1.29, 1.82) is 0 Å². The van der Waals surface area contributed by atoms with E-state index in [1.807, 2.05) is 24.3 Å². The Hall–Kier alpha value is -4.86. The summed E-state index contributed by atoms with van der Waals surface area (Å²) >= 11 is 0. The summed E-state index contributed by atoms with van der Waals surface area (Å²) in [5, 5.41) is 18.3. The van der Waals surface area contributed by atoms with Crippen LogP contribution >= 0.6 is 0 Å². The number of carbonyl (C=O) groups excluding carboxylic acids is 3. The van der Waals surface area contributed by atoms with Crippen molar-refractivity contribution in [2.45, 2.75) is 63.2 Å². The topological polar surface area (TPSA) is 295 Å². The van der Waals surface area contributed by atoms with E-state index in [4.69, 9.17) is 28.7 Å². The van der Waals surface area contributed by atoms with E-state index in [9.17, 15) is 24.3 Å². The van der Waals surface area contributed by atoms with E-state index in [0.29, 0.717) is 6.42 Å². The first-order chi connectivity index (χ1) is 19.9. The molecular formula is C26H41N11O5. The molecule has 2 rings (SSSR count). The van der Waals surface area contributed by atoms with Gasteiger partial charge in [-0.15, -0.1) is 0 Å². The highest BCUT2D eigenvalue weighted by molar-refractivity contribution is 5.94. The summed E-state index contributed by atoms with van der Waals surface area (Å²) in [5.41, 5.74) is 28.6. The Morgan fingerprint density at radius 3 is 1.93 bits per heavy atom. The minimum absolute atomic E-state index is 0.0316. The second-order valence-electron chi connectivity index (χ2n) is 9.77. The maximum absolute atomic E-state index is 13.5. The number of benzene rings is 1. The fraction of sp³-hybridized carbons (Fsp3) is 0.462. The molecule has 1 aromatic heterocycles. The summed E-state index contributed by atoms with van der Waals surface area (Å²) in [4.78, 5) is 62.0. The molecule has 0 bridgehead atoms. The first kappa shape index (κ1) is 33.3. The lowest BCUT2D eigenvalue weighted by atomic mass is 10.0. The van der Waals surface area contributed by atoms with Gasteiger partial charge in [-0.25, -0.2) is 4.79 Å². The zero-order chi connectivity index (χ0) is 31.2. The van der Waals surface area contributed by atoms with E-state index in [0.717, 1.165) is 16.5 Å². The lowest BCUT2D eigenvalue weighted by Crippen LogP contribution is -2.57. The molecule has 4 atom stereocenters. The number of carboxylic acids is 1. The fourth-order valence-corrected chi connectivity index (χ4v) is 4.11. The number of rotatable bonds is 17. The number of fused-ring (bicyclic) bond motifs is 1. The van der Waals surface area contributed by atoms with Gasteiger partial charge >= 0.3 is 5.97 Å². The molecule has 16 nitrogen and oxygen atoms in total. The van der Waals surface area contributed by atoms with E-state index < -0.39 is 47.9 Å². The monoisotopic (exact) mass is 587 g/mol. The van der Waals surface area contributed by atoms with Crippen molar-refractivity contribution in [3.8, 4) is 0 Å². The molecule has 3 amide bonds. The number of aliphatic carboxylic acids is 1. The molecule has 1 heterocycles. The van der Waals surface area contributed by atoms with Gasteiger partial charge < -0.3 is 54.7 Å². The van der Waals surface area contributed by atoms with Crippen molar-refractivity contribution in [2.24, 2.45) is 38.7 Å². The van der Waals surface area contributed by atoms with E-state index in [1.165, 1.54) is 6.92 Å². The van der Waals surface area contributed by atoms with Crippen LogP contribution in [-0.2, 0) is 25.6 Å². The molecule has 230 valence electrons. The molecule has 42 heavy (non-hydrogen) atoms. The van der Waals surface area contributed by atoms with Gasteiger partial charge in [0.05, 0.1) is 6.04 Å². The molecule has 1 aromatic carbocycles. The van der Waals surface area contributed by atoms with Gasteiger partial charge in [0.1, 0.15) is 18.1 Å². The van der Waals surface area contributed by atoms with Crippen LogP contribution in [0.25, 0.3) is 10.9 Å². The highest BCUT2D eigenvalue weighted by Crippen LogP contribution is 2.19. The quantitative estimate of drug-likeness (QED) is 0.0536. The van der Waals surface area contributed by atoms with Crippen molar-refractivity contribution in [3.63, 3.8) is 0 Å². The van der Waals surface area contributed by atoms with E-state index in [2.05, 4.69) is 30.9 Å². The maximum atomic E-state index is 13.5. The average molecular weight is 588 g/mol. The number of nitrogens with one attached hydrogen (secondary N) is 4. The molecule has 0 fully saturated rings. The van der Waals surface area contributed by atoms with Crippen molar-refractivity contribution >= 4 is 46.5 Å². The van der Waals surface area contributed by atoms with Gasteiger partial charge in [-0.1, -0.05) is 18.2 Å². The minimum Gasteiger partial charge on any atom is -0.480 e. The van der Waals surface area contributed by atoms with Gasteiger partial charge in [0.15, 0.2) is 11.9 Å². The number of hydrogen-bond acceptors (Lipinski definition) is 7. The van der Waals surface area contributed by atoms with Crippen molar-refractivity contribution in [3.05, 3.63) is 36.0 Å². The number of para-hydroxylation sites is 1. The highest BCUT2D eigenvalue weighted by Gasteiger charge is 2.30. The molecule has 0 radical (unpaired) electrons. The Labute approximate surface area is 242 Å². The number of guanidine groups is 2. The number of aromatic amines is 1. The standard InChI is InChI=1S/C26H41N11O5/c1-14(27)21(38)35-18(8-4-10-32-25(28)29)22(39)37-20(12-15-13-34-17-7-3-2-6-16(15)17)23(40)36-19(24(41)42)9-5-11-33-26(30)31/h2-3,6-7,13-14,18-20,34H,4-5,8-12,27H2,1H3,(H,35,38)(H,36,40)(H,37,39)(H,41,42)(H4,28,29,32)(H4,30,31,33). The zero-order valence-corrected chi connectivity index (χ0v) is 23.5. The predicted molar refractivity (Wildman–Crippen MR) is 159 cm³/mol. The zero-order valence-electron chi connectivity index (χ0n) is 23.5. The minimum atomic E-state index is -1.26. The predicted octanol–water partition coefficient (Wildman–Crippen LogP) is -2.30. The molecule has 0 saturated heterocycles. The van der Waals surface area contributed by atoms with Crippen LogP contribution in [0.3, 0.4) is 0 Å². The van der Waals surface area contributed by atoms with Gasteiger partial charge in [0.25, 0.3) is 0 Å². The number of aliphatic imine (C=N–C) groups is 2. The summed E-state index contributed by atoms with van der Waals surface area (Å²) in [6.45, 7) is 1.86. The van der Waals surface area contributed by atoms with E-state index in [-0.39, 0.29) is 50.7 Å². The summed E-state index contributed by atoms with van der Waals surface area (Å²) in [6, 6.07) is 3.00. The summed E-state index contributed by atoms with van der Waals surface area (Å²) in [6.07, 6.45) is 2.56. The number of carbonyl (C=O) groups is 4. The number of hydrogen-bond donors (Lipinski definition) is 10. The van der Waals surface area contributed by atoms with Crippen LogP contribution in [0.1, 0.15) is 38.2 Å². The molecule has 0 aliphatic heterocycles. The summed E-state index contributed by atoms with van der Waals surface area (Å²) in [5.74, 6) is -3.45. The maximum Gasteiger partial charge on any atom is 0.326 e.